The summed E-state index contributed by atoms with van der Waals surface area (Å²) >= 11 is 0. The van der Waals surface area contributed by atoms with E-state index in [1.807, 2.05) is 18.2 Å². The normalized spacial score (nSPS) is 18.5. The smallest absolute Gasteiger partial charge is 0.243 e. The van der Waals surface area contributed by atoms with Crippen molar-refractivity contribution in [2.75, 3.05) is 26.3 Å². The molecule has 1 heterocycles. The second-order valence-electron chi connectivity index (χ2n) is 7.39. The van der Waals surface area contributed by atoms with E-state index >= 15 is 0 Å². The molecule has 5 nitrogen and oxygen atoms in total. The van der Waals surface area contributed by atoms with E-state index in [0.29, 0.717) is 55.9 Å². The molecule has 0 atom stereocenters. The van der Waals surface area contributed by atoms with Gasteiger partial charge in [0.15, 0.2) is 0 Å². The Kier molecular flexibility index (Phi) is 5.78. The number of rotatable bonds is 7. The molecule has 0 bridgehead atoms. The van der Waals surface area contributed by atoms with Crippen molar-refractivity contribution in [3.63, 3.8) is 0 Å². The highest BCUT2D eigenvalue weighted by Gasteiger charge is 2.30. The molecule has 0 radical (unpaired) electrons. The molecule has 0 N–H and O–H groups in total. The van der Waals surface area contributed by atoms with Gasteiger partial charge in [-0.25, -0.2) is 12.8 Å². The first kappa shape index (κ1) is 19.5. The predicted octanol–water partition coefficient (Wildman–Crippen LogP) is 3.01. The van der Waals surface area contributed by atoms with E-state index in [4.69, 9.17) is 4.74 Å². The van der Waals surface area contributed by atoms with Crippen LogP contribution in [0, 0.1) is 5.82 Å². The highest BCUT2D eigenvalue weighted by Crippen LogP contribution is 2.30. The summed E-state index contributed by atoms with van der Waals surface area (Å²) in [6.45, 7) is 2.75. The second-order valence-corrected chi connectivity index (χ2v) is 9.33. The number of hydrogen-bond acceptors (Lipinski definition) is 4. The number of sulfonamides is 1. The lowest BCUT2D eigenvalue weighted by Gasteiger charge is -2.26. The number of nitrogens with zero attached hydrogens (tertiary/aromatic N) is 2. The SMILES string of the molecule is O=S(=O)(c1cccc(CN(Cc2ccccc2F)C2CC2)c1)N1CCOCC1. The van der Waals surface area contributed by atoms with Crippen molar-refractivity contribution in [3.8, 4) is 0 Å². The Morgan fingerprint density at radius 3 is 2.50 bits per heavy atom. The van der Waals surface area contributed by atoms with Crippen LogP contribution in [0.4, 0.5) is 4.39 Å². The lowest BCUT2D eigenvalue weighted by Crippen LogP contribution is -2.40. The fourth-order valence-corrected chi connectivity index (χ4v) is 5.05. The maximum Gasteiger partial charge on any atom is 0.243 e. The van der Waals surface area contributed by atoms with Crippen LogP contribution in [-0.2, 0) is 27.8 Å². The van der Waals surface area contributed by atoms with E-state index in [-0.39, 0.29) is 5.82 Å². The Hall–Kier alpha value is -1.80. The molecule has 2 aromatic carbocycles. The van der Waals surface area contributed by atoms with Gasteiger partial charge in [0.25, 0.3) is 0 Å². The molecule has 7 heteroatoms. The third-order valence-electron chi connectivity index (χ3n) is 5.29. The number of benzene rings is 2. The van der Waals surface area contributed by atoms with Crippen molar-refractivity contribution >= 4 is 10.0 Å². The molecule has 0 unspecified atom stereocenters. The Morgan fingerprint density at radius 1 is 1.04 bits per heavy atom. The van der Waals surface area contributed by atoms with Gasteiger partial charge in [-0.3, -0.25) is 4.90 Å². The molecule has 2 fully saturated rings. The van der Waals surface area contributed by atoms with Crippen LogP contribution in [0.1, 0.15) is 24.0 Å². The van der Waals surface area contributed by atoms with E-state index < -0.39 is 10.0 Å². The summed E-state index contributed by atoms with van der Waals surface area (Å²) in [4.78, 5) is 2.55. The summed E-state index contributed by atoms with van der Waals surface area (Å²) in [5.74, 6) is -0.197. The van der Waals surface area contributed by atoms with Crippen LogP contribution >= 0.6 is 0 Å². The number of morpholine rings is 1. The molecule has 1 saturated heterocycles. The molecule has 1 aliphatic heterocycles. The fraction of sp³-hybridized carbons (Fsp3) is 0.429. The maximum absolute atomic E-state index is 14.1. The fourth-order valence-electron chi connectivity index (χ4n) is 3.57. The number of hydrogen-bond donors (Lipinski definition) is 0. The molecule has 0 amide bonds. The van der Waals surface area contributed by atoms with Gasteiger partial charge < -0.3 is 4.74 Å². The van der Waals surface area contributed by atoms with E-state index in [1.165, 1.54) is 10.4 Å². The summed E-state index contributed by atoms with van der Waals surface area (Å²) in [5, 5.41) is 0. The molecule has 28 heavy (non-hydrogen) atoms. The third-order valence-corrected chi connectivity index (χ3v) is 7.18. The summed E-state index contributed by atoms with van der Waals surface area (Å²) < 4.78 is 46.6. The van der Waals surface area contributed by atoms with Crippen LogP contribution in [0.15, 0.2) is 53.4 Å². The summed E-state index contributed by atoms with van der Waals surface area (Å²) in [6.07, 6.45) is 2.19. The first-order valence-electron chi connectivity index (χ1n) is 9.68. The van der Waals surface area contributed by atoms with E-state index in [9.17, 15) is 12.8 Å². The van der Waals surface area contributed by atoms with Crippen LogP contribution in [0.2, 0.25) is 0 Å². The molecule has 1 saturated carbocycles. The van der Waals surface area contributed by atoms with Gasteiger partial charge in [0, 0.05) is 37.8 Å². The van der Waals surface area contributed by atoms with Crippen LogP contribution in [-0.4, -0.2) is 50.0 Å². The minimum absolute atomic E-state index is 0.197. The van der Waals surface area contributed by atoms with Gasteiger partial charge in [-0.1, -0.05) is 30.3 Å². The minimum atomic E-state index is -3.52. The third kappa shape index (κ3) is 4.43. The van der Waals surface area contributed by atoms with Gasteiger partial charge in [-0.2, -0.15) is 4.31 Å². The molecule has 150 valence electrons. The van der Waals surface area contributed by atoms with Crippen molar-refractivity contribution in [1.29, 1.82) is 0 Å². The van der Waals surface area contributed by atoms with Gasteiger partial charge >= 0.3 is 0 Å². The molecule has 0 aromatic heterocycles. The van der Waals surface area contributed by atoms with Crippen LogP contribution < -0.4 is 0 Å². The zero-order valence-electron chi connectivity index (χ0n) is 15.8. The largest absolute Gasteiger partial charge is 0.379 e. The standard InChI is InChI=1S/C21H25FN2O3S/c22-21-7-2-1-5-18(21)16-23(19-8-9-19)15-17-4-3-6-20(14-17)28(25,26)24-10-12-27-13-11-24/h1-7,14,19H,8-13,15-16H2. The Morgan fingerprint density at radius 2 is 1.79 bits per heavy atom. The predicted molar refractivity (Wildman–Crippen MR) is 105 cm³/mol. The minimum Gasteiger partial charge on any atom is -0.379 e. The monoisotopic (exact) mass is 404 g/mol. The van der Waals surface area contributed by atoms with E-state index in [1.54, 1.807) is 24.3 Å². The molecular weight excluding hydrogens is 379 g/mol. The average Bonchev–Trinajstić information content (AvgIpc) is 3.55. The first-order chi connectivity index (χ1) is 13.5. The molecule has 0 spiro atoms. The van der Waals surface area contributed by atoms with Crippen molar-refractivity contribution in [1.82, 2.24) is 9.21 Å². The van der Waals surface area contributed by atoms with Crippen molar-refractivity contribution in [3.05, 3.63) is 65.5 Å². The van der Waals surface area contributed by atoms with E-state index in [0.717, 1.165) is 18.4 Å². The highest BCUT2D eigenvalue weighted by atomic mass is 32.2. The highest BCUT2D eigenvalue weighted by molar-refractivity contribution is 7.89. The molecule has 2 aromatic rings. The molecular formula is C21H25FN2O3S. The maximum atomic E-state index is 14.1. The lowest BCUT2D eigenvalue weighted by molar-refractivity contribution is 0.0730. The van der Waals surface area contributed by atoms with Gasteiger partial charge in [0.1, 0.15) is 5.82 Å². The number of halogens is 1. The zero-order valence-corrected chi connectivity index (χ0v) is 16.6. The number of ether oxygens (including phenoxy) is 1. The quantitative estimate of drug-likeness (QED) is 0.712. The molecule has 4 rings (SSSR count). The summed E-state index contributed by atoms with van der Waals surface area (Å²) in [5.41, 5.74) is 1.60. The topological polar surface area (TPSA) is 49.9 Å². The van der Waals surface area contributed by atoms with Crippen LogP contribution in [0.3, 0.4) is 0 Å². The zero-order chi connectivity index (χ0) is 19.6. The van der Waals surface area contributed by atoms with Gasteiger partial charge in [0.05, 0.1) is 18.1 Å². The van der Waals surface area contributed by atoms with Gasteiger partial charge in [0.2, 0.25) is 10.0 Å². The van der Waals surface area contributed by atoms with Gasteiger partial charge in [-0.05, 0) is 36.6 Å². The molecule has 1 aliphatic carbocycles. The van der Waals surface area contributed by atoms with Crippen LogP contribution in [0.25, 0.3) is 0 Å². The summed E-state index contributed by atoms with van der Waals surface area (Å²) in [7, 11) is -3.52. The Bertz CT molecular complexity index is 925. The average molecular weight is 405 g/mol. The van der Waals surface area contributed by atoms with Crippen LogP contribution in [0.5, 0.6) is 0 Å². The van der Waals surface area contributed by atoms with E-state index in [2.05, 4.69) is 4.90 Å². The van der Waals surface area contributed by atoms with Gasteiger partial charge in [-0.15, -0.1) is 0 Å². The molecule has 2 aliphatic rings. The first-order valence-corrected chi connectivity index (χ1v) is 11.1. The Labute approximate surface area is 165 Å². The van der Waals surface area contributed by atoms with Crippen molar-refractivity contribution in [2.45, 2.75) is 36.9 Å². The Balaban J connectivity index is 1.52. The van der Waals surface area contributed by atoms with Crippen molar-refractivity contribution in [2.24, 2.45) is 0 Å². The van der Waals surface area contributed by atoms with Crippen molar-refractivity contribution < 1.29 is 17.5 Å². The second kappa shape index (κ2) is 8.29. The lowest BCUT2D eigenvalue weighted by atomic mass is 10.1. The summed E-state index contributed by atoms with van der Waals surface area (Å²) in [6, 6.07) is 14.4.